The van der Waals surface area contributed by atoms with E-state index < -0.39 is 35.6 Å². The second-order valence-corrected chi connectivity index (χ2v) is 5.78. The van der Waals surface area contributed by atoms with Gasteiger partial charge in [-0.15, -0.1) is 0 Å². The highest BCUT2D eigenvalue weighted by Gasteiger charge is 2.40. The van der Waals surface area contributed by atoms with E-state index in [4.69, 9.17) is 30.3 Å². The minimum Gasteiger partial charge on any atom is -0.473 e. The van der Waals surface area contributed by atoms with Crippen molar-refractivity contribution in [3.8, 4) is 0 Å². The van der Waals surface area contributed by atoms with E-state index in [9.17, 15) is 9.59 Å². The standard InChI is InChI=1S/C11H20N2O4.C2H2O4/c1-11(2,3)17-10(15)13-6-7(12)5-8(13)9(14)16-4;3-1(4)2(5)6/h7-8H,5-6,12H2,1-4H3;(H,3,4)(H,5,6)/t7-,8+;/m1./s1. The summed E-state index contributed by atoms with van der Waals surface area (Å²) in [7, 11) is 1.29. The first-order valence-corrected chi connectivity index (χ1v) is 6.68. The molecule has 0 aromatic rings. The molecule has 4 N–H and O–H groups in total. The quantitative estimate of drug-likeness (QED) is 0.430. The van der Waals surface area contributed by atoms with Gasteiger partial charge in [-0.1, -0.05) is 0 Å². The second-order valence-electron chi connectivity index (χ2n) is 5.78. The van der Waals surface area contributed by atoms with Crippen molar-refractivity contribution < 1.29 is 38.9 Å². The van der Waals surface area contributed by atoms with Crippen LogP contribution in [0.5, 0.6) is 0 Å². The van der Waals surface area contributed by atoms with Gasteiger partial charge in [0.2, 0.25) is 0 Å². The number of hydrogen-bond acceptors (Lipinski definition) is 7. The van der Waals surface area contributed by atoms with Gasteiger partial charge in [-0.25, -0.2) is 19.2 Å². The minimum atomic E-state index is -1.82. The molecule has 10 nitrogen and oxygen atoms in total. The molecule has 132 valence electrons. The van der Waals surface area contributed by atoms with E-state index in [1.807, 2.05) is 0 Å². The molecule has 0 radical (unpaired) electrons. The van der Waals surface area contributed by atoms with E-state index in [0.29, 0.717) is 13.0 Å². The van der Waals surface area contributed by atoms with Crippen LogP contribution in [-0.2, 0) is 23.9 Å². The Hall–Kier alpha value is -2.36. The molecule has 23 heavy (non-hydrogen) atoms. The van der Waals surface area contributed by atoms with Crippen LogP contribution in [0, 0.1) is 0 Å². The molecular weight excluding hydrogens is 312 g/mol. The molecule has 1 aliphatic heterocycles. The van der Waals surface area contributed by atoms with Gasteiger partial charge in [0.25, 0.3) is 0 Å². The van der Waals surface area contributed by atoms with Gasteiger partial charge in [0.1, 0.15) is 11.6 Å². The van der Waals surface area contributed by atoms with Crippen LogP contribution >= 0.6 is 0 Å². The Morgan fingerprint density at radius 1 is 1.13 bits per heavy atom. The normalized spacial score (nSPS) is 20.1. The fourth-order valence-electron chi connectivity index (χ4n) is 1.75. The van der Waals surface area contributed by atoms with Gasteiger partial charge in [0.05, 0.1) is 7.11 Å². The topological polar surface area (TPSA) is 156 Å². The van der Waals surface area contributed by atoms with E-state index in [0.717, 1.165) is 0 Å². The summed E-state index contributed by atoms with van der Waals surface area (Å²) in [6.45, 7) is 5.63. The van der Waals surface area contributed by atoms with Gasteiger partial charge in [0, 0.05) is 12.6 Å². The van der Waals surface area contributed by atoms with E-state index in [-0.39, 0.29) is 6.04 Å². The molecule has 0 aromatic carbocycles. The van der Waals surface area contributed by atoms with Crippen molar-refractivity contribution in [3.63, 3.8) is 0 Å². The van der Waals surface area contributed by atoms with Crippen LogP contribution in [-0.4, -0.2) is 70.5 Å². The fourth-order valence-corrected chi connectivity index (χ4v) is 1.75. The third-order valence-corrected chi connectivity index (χ3v) is 2.62. The smallest absolute Gasteiger partial charge is 0.414 e. The zero-order chi connectivity index (χ0) is 18.4. The summed E-state index contributed by atoms with van der Waals surface area (Å²) in [5, 5.41) is 14.8. The number of nitrogens with two attached hydrogens (primary N) is 1. The Bertz CT molecular complexity index is 459. The number of amides is 1. The third kappa shape index (κ3) is 7.45. The van der Waals surface area contributed by atoms with Crippen molar-refractivity contribution in [2.75, 3.05) is 13.7 Å². The maximum atomic E-state index is 11.9. The molecule has 1 aliphatic rings. The van der Waals surface area contributed by atoms with Gasteiger partial charge in [-0.05, 0) is 27.2 Å². The van der Waals surface area contributed by atoms with E-state index in [2.05, 4.69) is 4.74 Å². The molecular formula is C13H22N2O8. The summed E-state index contributed by atoms with van der Waals surface area (Å²) in [6, 6.07) is -0.850. The number of nitrogens with zero attached hydrogens (tertiary/aromatic N) is 1. The first-order valence-electron chi connectivity index (χ1n) is 6.68. The average molecular weight is 334 g/mol. The molecule has 0 unspecified atom stereocenters. The maximum absolute atomic E-state index is 11.9. The number of hydrogen-bond donors (Lipinski definition) is 3. The van der Waals surface area contributed by atoms with Crippen LogP contribution in [0.4, 0.5) is 4.79 Å². The molecule has 0 bridgehead atoms. The molecule has 10 heteroatoms. The predicted octanol–water partition coefficient (Wildman–Crippen LogP) is -0.348. The minimum absolute atomic E-state index is 0.216. The SMILES string of the molecule is COC(=O)[C@@H]1C[C@@H](N)CN1C(=O)OC(C)(C)C.O=C(O)C(=O)O. The number of esters is 1. The van der Waals surface area contributed by atoms with Crippen LogP contribution in [0.15, 0.2) is 0 Å². The zero-order valence-electron chi connectivity index (χ0n) is 13.4. The lowest BCUT2D eigenvalue weighted by Gasteiger charge is -2.27. The highest BCUT2D eigenvalue weighted by molar-refractivity contribution is 6.27. The van der Waals surface area contributed by atoms with Crippen LogP contribution < -0.4 is 5.73 Å². The van der Waals surface area contributed by atoms with Gasteiger partial charge in [-0.3, -0.25) is 4.90 Å². The molecule has 0 spiro atoms. The van der Waals surface area contributed by atoms with Crippen molar-refractivity contribution in [1.82, 2.24) is 4.90 Å². The highest BCUT2D eigenvalue weighted by Crippen LogP contribution is 2.21. The molecule has 1 saturated heterocycles. The molecule has 1 amide bonds. The third-order valence-electron chi connectivity index (χ3n) is 2.62. The van der Waals surface area contributed by atoms with Gasteiger partial charge < -0.3 is 25.4 Å². The Morgan fingerprint density at radius 3 is 1.96 bits per heavy atom. The molecule has 2 atom stereocenters. The highest BCUT2D eigenvalue weighted by atomic mass is 16.6. The van der Waals surface area contributed by atoms with E-state index in [1.165, 1.54) is 12.0 Å². The molecule has 1 heterocycles. The first kappa shape index (κ1) is 20.6. The summed E-state index contributed by atoms with van der Waals surface area (Å²) in [4.78, 5) is 42.9. The maximum Gasteiger partial charge on any atom is 0.414 e. The molecule has 1 rings (SSSR count). The van der Waals surface area contributed by atoms with Crippen molar-refractivity contribution in [2.45, 2.75) is 44.9 Å². The summed E-state index contributed by atoms with van der Waals surface area (Å²) < 4.78 is 9.87. The van der Waals surface area contributed by atoms with Crippen molar-refractivity contribution in [3.05, 3.63) is 0 Å². The number of ether oxygens (including phenoxy) is 2. The van der Waals surface area contributed by atoms with Crippen molar-refractivity contribution >= 4 is 24.0 Å². The number of likely N-dealkylation sites (tertiary alicyclic amines) is 1. The van der Waals surface area contributed by atoms with Gasteiger partial charge in [-0.2, -0.15) is 0 Å². The lowest BCUT2D eigenvalue weighted by Crippen LogP contribution is -2.44. The summed E-state index contributed by atoms with van der Waals surface area (Å²) >= 11 is 0. The van der Waals surface area contributed by atoms with Crippen LogP contribution in [0.3, 0.4) is 0 Å². The fraction of sp³-hybridized carbons (Fsp3) is 0.692. The van der Waals surface area contributed by atoms with Crippen molar-refractivity contribution in [2.24, 2.45) is 5.73 Å². The Morgan fingerprint density at radius 2 is 1.61 bits per heavy atom. The Kier molecular flexibility index (Phi) is 7.47. The molecule has 0 saturated carbocycles. The number of aliphatic carboxylic acids is 2. The molecule has 0 aliphatic carbocycles. The number of carboxylic acid groups (broad SMARTS) is 2. The van der Waals surface area contributed by atoms with Crippen molar-refractivity contribution in [1.29, 1.82) is 0 Å². The molecule has 0 aromatic heterocycles. The molecule has 1 fully saturated rings. The largest absolute Gasteiger partial charge is 0.473 e. The van der Waals surface area contributed by atoms with Crippen LogP contribution in [0.1, 0.15) is 27.2 Å². The Labute approximate surface area is 133 Å². The zero-order valence-corrected chi connectivity index (χ0v) is 13.4. The number of carbonyl (C=O) groups excluding carboxylic acids is 2. The monoisotopic (exact) mass is 334 g/mol. The lowest BCUT2D eigenvalue weighted by atomic mass is 10.2. The van der Waals surface area contributed by atoms with E-state index in [1.54, 1.807) is 20.8 Å². The van der Waals surface area contributed by atoms with Gasteiger partial charge >= 0.3 is 24.0 Å². The van der Waals surface area contributed by atoms with Crippen LogP contribution in [0.2, 0.25) is 0 Å². The Balaban J connectivity index is 0.000000688. The number of carboxylic acids is 2. The summed E-state index contributed by atoms with van der Waals surface area (Å²) in [5.74, 6) is -4.10. The second kappa shape index (κ2) is 8.32. The summed E-state index contributed by atoms with van der Waals surface area (Å²) in [5.41, 5.74) is 5.16. The number of methoxy groups -OCH3 is 1. The average Bonchev–Trinajstić information content (AvgIpc) is 2.78. The van der Waals surface area contributed by atoms with Crippen LogP contribution in [0.25, 0.3) is 0 Å². The van der Waals surface area contributed by atoms with Gasteiger partial charge in [0.15, 0.2) is 0 Å². The number of rotatable bonds is 1. The summed E-state index contributed by atoms with van der Waals surface area (Å²) in [6.07, 6.45) is -0.118. The number of carbonyl (C=O) groups is 4. The van der Waals surface area contributed by atoms with E-state index >= 15 is 0 Å². The first-order chi connectivity index (χ1) is 10.4. The predicted molar refractivity (Wildman–Crippen MR) is 76.6 cm³/mol. The lowest BCUT2D eigenvalue weighted by molar-refractivity contribution is -0.159.